The van der Waals surface area contributed by atoms with E-state index in [0.29, 0.717) is 13.2 Å². The molecular weight excluding hydrogens is 294 g/mol. The first-order valence-electron chi connectivity index (χ1n) is 5.81. The summed E-state index contributed by atoms with van der Waals surface area (Å²) in [5.74, 6) is 0.818. The Kier molecular flexibility index (Phi) is 3.39. The topological polar surface area (TPSA) is 42.2 Å². The molecule has 1 aliphatic rings. The molecule has 1 aromatic carbocycles. The van der Waals surface area contributed by atoms with Crippen LogP contribution in [0.5, 0.6) is 5.75 Å². The lowest BCUT2D eigenvalue weighted by molar-refractivity contribution is -0.0310. The molecule has 4 heteroatoms. The molecule has 1 aromatic rings. The van der Waals surface area contributed by atoms with Crippen LogP contribution in [0.3, 0.4) is 0 Å². The van der Waals surface area contributed by atoms with Crippen molar-refractivity contribution in [1.29, 1.82) is 5.26 Å². The van der Waals surface area contributed by atoms with E-state index < -0.39 is 5.41 Å². The summed E-state index contributed by atoms with van der Waals surface area (Å²) < 4.78 is 11.9. The van der Waals surface area contributed by atoms with E-state index in [0.717, 1.165) is 32.5 Å². The molecule has 0 N–H and O–H groups in total. The summed E-state index contributed by atoms with van der Waals surface area (Å²) in [4.78, 5) is 0. The van der Waals surface area contributed by atoms with Crippen molar-refractivity contribution in [2.24, 2.45) is 0 Å². The summed E-state index contributed by atoms with van der Waals surface area (Å²) in [6, 6.07) is 2.39. The third kappa shape index (κ3) is 1.65. The fourth-order valence-corrected chi connectivity index (χ4v) is 2.98. The quantitative estimate of drug-likeness (QED) is 0.842. The summed E-state index contributed by atoms with van der Waals surface area (Å²) in [7, 11) is 1.66. The largest absolute Gasteiger partial charge is 0.496 e. The van der Waals surface area contributed by atoms with Gasteiger partial charge in [0.25, 0.3) is 0 Å². The fraction of sp³-hybridized carbons (Fsp3) is 0.500. The van der Waals surface area contributed by atoms with Crippen molar-refractivity contribution in [2.75, 3.05) is 20.3 Å². The molecule has 0 unspecified atom stereocenters. The molecule has 0 aromatic heterocycles. The number of nitrogens with zero attached hydrogens (tertiary/aromatic N) is 1. The van der Waals surface area contributed by atoms with Gasteiger partial charge in [0.2, 0.25) is 0 Å². The Morgan fingerprint density at radius 3 is 2.22 bits per heavy atom. The molecule has 18 heavy (non-hydrogen) atoms. The molecule has 1 saturated heterocycles. The lowest BCUT2D eigenvalue weighted by Gasteiger charge is -2.38. The Balaban J connectivity index is 2.78. The molecule has 3 nitrogen and oxygen atoms in total. The minimum Gasteiger partial charge on any atom is -0.496 e. The van der Waals surface area contributed by atoms with Gasteiger partial charge in [0, 0.05) is 10.0 Å². The maximum Gasteiger partial charge on any atom is 0.132 e. The minimum absolute atomic E-state index is 0.440. The van der Waals surface area contributed by atoms with Crippen molar-refractivity contribution in [2.45, 2.75) is 26.2 Å². The number of rotatable bonds is 2. The zero-order valence-electron chi connectivity index (χ0n) is 11.1. The van der Waals surface area contributed by atoms with Crippen molar-refractivity contribution in [3.05, 3.63) is 26.7 Å². The van der Waals surface area contributed by atoms with E-state index in [1.807, 2.05) is 13.8 Å². The van der Waals surface area contributed by atoms with E-state index in [1.165, 1.54) is 0 Å². The van der Waals surface area contributed by atoms with E-state index >= 15 is 0 Å². The lowest BCUT2D eigenvalue weighted by Crippen LogP contribution is -2.46. The third-order valence-electron chi connectivity index (χ3n) is 3.76. The summed E-state index contributed by atoms with van der Waals surface area (Å²) in [5, 5.41) is 9.48. The van der Waals surface area contributed by atoms with Crippen molar-refractivity contribution < 1.29 is 9.47 Å². The van der Waals surface area contributed by atoms with Gasteiger partial charge in [-0.05, 0) is 37.5 Å². The average Bonchev–Trinajstić information content (AvgIpc) is 2.32. The highest BCUT2D eigenvalue weighted by Gasteiger charge is 2.45. The molecule has 0 amide bonds. The molecule has 1 fully saturated rings. The number of hydrogen-bond donors (Lipinski definition) is 0. The molecule has 0 radical (unpaired) electrons. The molecule has 2 rings (SSSR count). The van der Waals surface area contributed by atoms with E-state index in [1.54, 1.807) is 7.11 Å². The smallest absolute Gasteiger partial charge is 0.132 e. The first kappa shape index (κ1) is 13.4. The second-order valence-electron chi connectivity index (χ2n) is 4.78. The molecule has 1 aliphatic heterocycles. The highest BCUT2D eigenvalue weighted by atomic mass is 79.9. The summed E-state index contributed by atoms with van der Waals surface area (Å²) in [6.07, 6.45) is 0. The predicted molar refractivity (Wildman–Crippen MR) is 73.0 cm³/mol. The van der Waals surface area contributed by atoms with Gasteiger partial charge in [-0.1, -0.05) is 15.9 Å². The Hall–Kier alpha value is -1.05. The van der Waals surface area contributed by atoms with Gasteiger partial charge in [-0.2, -0.15) is 5.26 Å². The van der Waals surface area contributed by atoms with Crippen LogP contribution in [0.1, 0.15) is 22.3 Å². The highest BCUT2D eigenvalue weighted by Crippen LogP contribution is 2.45. The van der Waals surface area contributed by atoms with Crippen LogP contribution in [0.15, 0.2) is 4.47 Å². The van der Waals surface area contributed by atoms with Gasteiger partial charge >= 0.3 is 0 Å². The van der Waals surface area contributed by atoms with Gasteiger partial charge in [0.05, 0.1) is 26.4 Å². The van der Waals surface area contributed by atoms with Gasteiger partial charge in [0.15, 0.2) is 0 Å². The van der Waals surface area contributed by atoms with Crippen LogP contribution in [-0.2, 0) is 10.2 Å². The number of ether oxygens (including phenoxy) is 2. The molecular formula is C14H16BrNO2. The monoisotopic (exact) mass is 309 g/mol. The second kappa shape index (κ2) is 4.56. The molecule has 0 saturated carbocycles. The fourth-order valence-electron chi connectivity index (χ4n) is 2.49. The Labute approximate surface area is 116 Å². The molecule has 0 bridgehead atoms. The van der Waals surface area contributed by atoms with Gasteiger partial charge in [-0.3, -0.25) is 0 Å². The summed E-state index contributed by atoms with van der Waals surface area (Å²) in [5.41, 5.74) is 3.71. The SMILES string of the molecule is COc1c(C)c(C)c(Br)c(C)c1C1(C#N)COC1. The highest BCUT2D eigenvalue weighted by molar-refractivity contribution is 9.10. The predicted octanol–water partition coefficient (Wildman–Crippen LogP) is 3.17. The van der Waals surface area contributed by atoms with Crippen LogP contribution in [0.2, 0.25) is 0 Å². The normalized spacial score (nSPS) is 16.9. The van der Waals surface area contributed by atoms with Crippen LogP contribution in [0, 0.1) is 32.1 Å². The van der Waals surface area contributed by atoms with E-state index in [9.17, 15) is 5.26 Å². The van der Waals surface area contributed by atoms with Crippen molar-refractivity contribution in [3.63, 3.8) is 0 Å². The third-order valence-corrected chi connectivity index (χ3v) is 4.95. The van der Waals surface area contributed by atoms with Crippen LogP contribution >= 0.6 is 15.9 Å². The van der Waals surface area contributed by atoms with E-state index in [-0.39, 0.29) is 0 Å². The van der Waals surface area contributed by atoms with Crippen LogP contribution in [0.4, 0.5) is 0 Å². The molecule has 0 aliphatic carbocycles. The number of methoxy groups -OCH3 is 1. The Morgan fingerprint density at radius 1 is 1.22 bits per heavy atom. The number of hydrogen-bond acceptors (Lipinski definition) is 3. The zero-order valence-corrected chi connectivity index (χ0v) is 12.6. The van der Waals surface area contributed by atoms with Gasteiger partial charge in [-0.25, -0.2) is 0 Å². The first-order chi connectivity index (χ1) is 8.48. The maximum atomic E-state index is 9.48. The second-order valence-corrected chi connectivity index (χ2v) is 5.58. The van der Waals surface area contributed by atoms with E-state index in [2.05, 4.69) is 28.9 Å². The van der Waals surface area contributed by atoms with Gasteiger partial charge in [-0.15, -0.1) is 0 Å². The van der Waals surface area contributed by atoms with Crippen molar-refractivity contribution >= 4 is 15.9 Å². The number of halogens is 1. The lowest BCUT2D eigenvalue weighted by atomic mass is 9.76. The van der Waals surface area contributed by atoms with Crippen molar-refractivity contribution in [1.82, 2.24) is 0 Å². The van der Waals surface area contributed by atoms with Crippen molar-refractivity contribution in [3.8, 4) is 11.8 Å². The van der Waals surface area contributed by atoms with Crippen LogP contribution in [-0.4, -0.2) is 20.3 Å². The number of benzene rings is 1. The van der Waals surface area contributed by atoms with Crippen LogP contribution < -0.4 is 4.74 Å². The van der Waals surface area contributed by atoms with E-state index in [4.69, 9.17) is 9.47 Å². The first-order valence-corrected chi connectivity index (χ1v) is 6.60. The number of nitriles is 1. The molecule has 0 spiro atoms. The van der Waals surface area contributed by atoms with Crippen LogP contribution in [0.25, 0.3) is 0 Å². The summed E-state index contributed by atoms with van der Waals surface area (Å²) in [6.45, 7) is 6.97. The standard InChI is InChI=1S/C14H16BrNO2/c1-8-9(2)13(17-4)11(10(3)12(8)15)14(5-16)6-18-7-14/h6-7H2,1-4H3. The summed E-state index contributed by atoms with van der Waals surface area (Å²) >= 11 is 3.61. The van der Waals surface area contributed by atoms with Gasteiger partial charge in [0.1, 0.15) is 11.2 Å². The molecule has 0 atom stereocenters. The zero-order chi connectivity index (χ0) is 13.5. The molecule has 96 valence electrons. The molecule has 1 heterocycles. The van der Waals surface area contributed by atoms with Gasteiger partial charge < -0.3 is 9.47 Å². The minimum atomic E-state index is -0.559. The Bertz CT molecular complexity index is 542. The maximum absolute atomic E-state index is 9.48. The average molecular weight is 310 g/mol. The Morgan fingerprint density at radius 2 is 1.83 bits per heavy atom.